The summed E-state index contributed by atoms with van der Waals surface area (Å²) in [5.74, 6) is 2.45. The molecule has 1 aliphatic carbocycles. The van der Waals surface area contributed by atoms with Gasteiger partial charge in [-0.1, -0.05) is 37.8 Å². The zero-order valence-electron chi connectivity index (χ0n) is 15.1. The summed E-state index contributed by atoms with van der Waals surface area (Å²) in [5.41, 5.74) is 1.00. The van der Waals surface area contributed by atoms with E-state index in [2.05, 4.69) is 10.3 Å². The number of rotatable bonds is 7. The second-order valence-electron chi connectivity index (χ2n) is 6.86. The number of methoxy groups -OCH3 is 1. The quantitative estimate of drug-likeness (QED) is 0.837. The van der Waals surface area contributed by atoms with E-state index in [0.717, 1.165) is 29.5 Å². The van der Waals surface area contributed by atoms with Crippen LogP contribution < -0.4 is 10.1 Å². The van der Waals surface area contributed by atoms with Gasteiger partial charge in [0.05, 0.1) is 7.11 Å². The van der Waals surface area contributed by atoms with Crippen LogP contribution in [0.4, 0.5) is 0 Å². The van der Waals surface area contributed by atoms with Crippen molar-refractivity contribution in [3.05, 3.63) is 48.0 Å². The van der Waals surface area contributed by atoms with E-state index < -0.39 is 0 Å². The summed E-state index contributed by atoms with van der Waals surface area (Å²) in [6, 6.07) is 7.54. The number of ether oxygens (including phenoxy) is 1. The highest BCUT2D eigenvalue weighted by molar-refractivity contribution is 5.76. The molecule has 0 saturated heterocycles. The van der Waals surface area contributed by atoms with Gasteiger partial charge in [-0.3, -0.25) is 4.79 Å². The monoisotopic (exact) mass is 341 g/mol. The van der Waals surface area contributed by atoms with Crippen molar-refractivity contribution in [2.24, 2.45) is 13.0 Å². The first-order valence-electron chi connectivity index (χ1n) is 9.08. The van der Waals surface area contributed by atoms with Gasteiger partial charge < -0.3 is 14.6 Å². The fourth-order valence-electron chi connectivity index (χ4n) is 3.62. The third-order valence-electron chi connectivity index (χ3n) is 5.13. The van der Waals surface area contributed by atoms with Crippen LogP contribution in [-0.2, 0) is 11.8 Å². The fourth-order valence-corrected chi connectivity index (χ4v) is 3.62. The minimum absolute atomic E-state index is 0.0933. The maximum atomic E-state index is 12.5. The molecule has 5 heteroatoms. The number of hydrogen-bond acceptors (Lipinski definition) is 3. The first kappa shape index (κ1) is 17.5. The highest BCUT2D eigenvalue weighted by atomic mass is 16.5. The molecule has 2 aromatic rings. The van der Waals surface area contributed by atoms with Gasteiger partial charge in [-0.05, 0) is 30.0 Å². The lowest BCUT2D eigenvalue weighted by Crippen LogP contribution is -2.31. The van der Waals surface area contributed by atoms with Crippen LogP contribution in [0.1, 0.15) is 56.0 Å². The molecule has 1 aromatic carbocycles. The van der Waals surface area contributed by atoms with E-state index in [1.165, 1.54) is 25.7 Å². The zero-order valence-corrected chi connectivity index (χ0v) is 15.1. The second-order valence-corrected chi connectivity index (χ2v) is 6.86. The Labute approximate surface area is 149 Å². The molecule has 0 radical (unpaired) electrons. The molecule has 5 nitrogen and oxygen atoms in total. The average molecular weight is 341 g/mol. The molecule has 25 heavy (non-hydrogen) atoms. The molecule has 0 spiro atoms. The number of aromatic nitrogens is 2. The zero-order chi connectivity index (χ0) is 17.6. The van der Waals surface area contributed by atoms with Crippen LogP contribution in [0.2, 0.25) is 0 Å². The van der Waals surface area contributed by atoms with Crippen molar-refractivity contribution in [3.8, 4) is 5.75 Å². The minimum Gasteiger partial charge on any atom is -0.497 e. The number of carbonyl (C=O) groups is 1. The average Bonchev–Trinajstić information content (AvgIpc) is 3.30. The van der Waals surface area contributed by atoms with Crippen LogP contribution in [0.15, 0.2) is 36.7 Å². The van der Waals surface area contributed by atoms with E-state index in [1.807, 2.05) is 42.1 Å². The first-order valence-corrected chi connectivity index (χ1v) is 9.08. The number of benzene rings is 1. The van der Waals surface area contributed by atoms with Crippen LogP contribution in [0.3, 0.4) is 0 Å². The van der Waals surface area contributed by atoms with E-state index >= 15 is 0 Å². The number of nitrogens with one attached hydrogen (secondary N) is 1. The number of carbonyl (C=O) groups excluding carboxylic acids is 1. The number of hydrogen-bond donors (Lipinski definition) is 1. The summed E-state index contributed by atoms with van der Waals surface area (Å²) in [6.45, 7) is 0. The molecule has 1 atom stereocenters. The summed E-state index contributed by atoms with van der Waals surface area (Å²) in [7, 11) is 3.60. The van der Waals surface area contributed by atoms with Crippen LogP contribution in [0.25, 0.3) is 0 Å². The Morgan fingerprint density at radius 3 is 2.64 bits per heavy atom. The van der Waals surface area contributed by atoms with Gasteiger partial charge in [0.2, 0.25) is 5.91 Å². The van der Waals surface area contributed by atoms with Crippen LogP contribution >= 0.6 is 0 Å². The molecular formula is C20H27N3O2. The molecule has 134 valence electrons. The van der Waals surface area contributed by atoms with Gasteiger partial charge in [-0.25, -0.2) is 4.98 Å². The van der Waals surface area contributed by atoms with Crippen molar-refractivity contribution in [2.75, 3.05) is 7.11 Å². The SMILES string of the molecule is COc1ccc([C@@H](NC(=O)CCC2CCCC2)c2nccn2C)cc1. The maximum Gasteiger partial charge on any atom is 0.220 e. The normalized spacial score (nSPS) is 15.9. The predicted molar refractivity (Wildman–Crippen MR) is 97.4 cm³/mol. The first-order chi connectivity index (χ1) is 12.2. The number of nitrogens with zero attached hydrogens (tertiary/aromatic N) is 2. The van der Waals surface area contributed by atoms with Gasteiger partial charge >= 0.3 is 0 Å². The third-order valence-corrected chi connectivity index (χ3v) is 5.13. The van der Waals surface area contributed by atoms with Gasteiger partial charge in [0, 0.05) is 25.9 Å². The van der Waals surface area contributed by atoms with Crippen molar-refractivity contribution in [1.82, 2.24) is 14.9 Å². The molecule has 1 aromatic heterocycles. The Hall–Kier alpha value is -2.30. The molecule has 1 saturated carbocycles. The molecule has 0 unspecified atom stereocenters. The van der Waals surface area contributed by atoms with Crippen LogP contribution in [-0.4, -0.2) is 22.6 Å². The van der Waals surface area contributed by atoms with Gasteiger partial charge in [0.15, 0.2) is 0 Å². The van der Waals surface area contributed by atoms with Crippen molar-refractivity contribution in [1.29, 1.82) is 0 Å². The van der Waals surface area contributed by atoms with E-state index in [4.69, 9.17) is 4.74 Å². The predicted octanol–water partition coefficient (Wildman–Crippen LogP) is 3.60. The molecule has 0 bridgehead atoms. The number of imidazole rings is 1. The molecule has 3 rings (SSSR count). The minimum atomic E-state index is -0.248. The van der Waals surface area contributed by atoms with Crippen molar-refractivity contribution >= 4 is 5.91 Å². The second kappa shape index (κ2) is 8.19. The fraction of sp³-hybridized carbons (Fsp3) is 0.500. The van der Waals surface area contributed by atoms with Gasteiger partial charge in [0.25, 0.3) is 0 Å². The lowest BCUT2D eigenvalue weighted by Gasteiger charge is -2.20. The van der Waals surface area contributed by atoms with E-state index in [9.17, 15) is 4.79 Å². The molecular weight excluding hydrogens is 314 g/mol. The van der Waals surface area contributed by atoms with Gasteiger partial charge in [-0.2, -0.15) is 0 Å². The Balaban J connectivity index is 1.71. The van der Waals surface area contributed by atoms with E-state index in [1.54, 1.807) is 13.3 Å². The molecule has 1 N–H and O–H groups in total. The third kappa shape index (κ3) is 4.41. The molecule has 1 fully saturated rings. The van der Waals surface area contributed by atoms with Crippen molar-refractivity contribution in [2.45, 2.75) is 44.6 Å². The van der Waals surface area contributed by atoms with E-state index in [-0.39, 0.29) is 11.9 Å². The van der Waals surface area contributed by atoms with Gasteiger partial charge in [-0.15, -0.1) is 0 Å². The molecule has 1 amide bonds. The van der Waals surface area contributed by atoms with Gasteiger partial charge in [0.1, 0.15) is 17.6 Å². The summed E-state index contributed by atoms with van der Waals surface area (Å²) in [4.78, 5) is 17.0. The smallest absolute Gasteiger partial charge is 0.220 e. The highest BCUT2D eigenvalue weighted by Gasteiger charge is 2.22. The number of aryl methyl sites for hydroxylation is 1. The Kier molecular flexibility index (Phi) is 5.74. The summed E-state index contributed by atoms with van der Waals surface area (Å²) >= 11 is 0. The Morgan fingerprint density at radius 1 is 1.32 bits per heavy atom. The summed E-state index contributed by atoms with van der Waals surface area (Å²) in [5, 5.41) is 3.17. The summed E-state index contributed by atoms with van der Waals surface area (Å²) in [6.07, 6.45) is 10.4. The van der Waals surface area contributed by atoms with Crippen molar-refractivity contribution < 1.29 is 9.53 Å². The Morgan fingerprint density at radius 2 is 2.04 bits per heavy atom. The Bertz CT molecular complexity index is 687. The van der Waals surface area contributed by atoms with Crippen LogP contribution in [0.5, 0.6) is 5.75 Å². The summed E-state index contributed by atoms with van der Waals surface area (Å²) < 4.78 is 7.18. The van der Waals surface area contributed by atoms with Crippen molar-refractivity contribution in [3.63, 3.8) is 0 Å². The van der Waals surface area contributed by atoms with Crippen LogP contribution in [0, 0.1) is 5.92 Å². The largest absolute Gasteiger partial charge is 0.497 e. The maximum absolute atomic E-state index is 12.5. The topological polar surface area (TPSA) is 56.1 Å². The lowest BCUT2D eigenvalue weighted by atomic mass is 10.0. The lowest BCUT2D eigenvalue weighted by molar-refractivity contribution is -0.121. The molecule has 1 heterocycles. The highest BCUT2D eigenvalue weighted by Crippen LogP contribution is 2.29. The molecule has 0 aliphatic heterocycles. The standard InChI is InChI=1S/C20H27N3O2/c1-23-14-13-21-20(23)19(16-8-10-17(25-2)11-9-16)22-18(24)12-7-15-5-3-4-6-15/h8-11,13-15,19H,3-7,12H2,1-2H3,(H,22,24)/t19-/m1/s1. The van der Waals surface area contributed by atoms with E-state index in [0.29, 0.717) is 6.42 Å². The molecule has 1 aliphatic rings. The number of amides is 1.